The number of esters is 1. The number of hydrogen-bond donors (Lipinski definition) is 1. The lowest BCUT2D eigenvalue weighted by Crippen LogP contribution is -2.24. The minimum atomic E-state index is -0.491. The molecule has 2 rings (SSSR count). The van der Waals surface area contributed by atoms with Crippen molar-refractivity contribution in [3.63, 3.8) is 0 Å². The Bertz CT molecular complexity index is 781. The number of thioether (sulfide) groups is 1. The lowest BCUT2D eigenvalue weighted by atomic mass is 10.2. The molecule has 7 heteroatoms. The standard InChI is InChI=1S/C18H20ClNO2S3/c1-11-13(7-8-24-11)17(23)20-12-5-6-14(19)15(9-12)25-10-16(21)22-18(2,3)4/h5-9H,10H2,1-4H3,(H,20,23). The van der Waals surface area contributed by atoms with Crippen molar-refractivity contribution < 1.29 is 9.53 Å². The first-order valence-electron chi connectivity index (χ1n) is 7.65. The van der Waals surface area contributed by atoms with Crippen LogP contribution in [0.15, 0.2) is 34.5 Å². The number of carbonyl (C=O) groups is 1. The zero-order valence-electron chi connectivity index (χ0n) is 14.5. The third-order valence-electron chi connectivity index (χ3n) is 3.06. The van der Waals surface area contributed by atoms with Gasteiger partial charge >= 0.3 is 5.97 Å². The Morgan fingerprint density at radius 2 is 2.08 bits per heavy atom. The molecule has 0 aliphatic carbocycles. The van der Waals surface area contributed by atoms with Gasteiger partial charge in [0.15, 0.2) is 0 Å². The van der Waals surface area contributed by atoms with E-state index in [9.17, 15) is 4.79 Å². The summed E-state index contributed by atoms with van der Waals surface area (Å²) in [6.45, 7) is 7.58. The second-order valence-electron chi connectivity index (χ2n) is 6.36. The number of aryl methyl sites for hydroxylation is 1. The summed E-state index contributed by atoms with van der Waals surface area (Å²) >= 11 is 14.7. The number of ether oxygens (including phenoxy) is 1. The zero-order chi connectivity index (χ0) is 18.6. The molecule has 0 spiro atoms. The molecule has 25 heavy (non-hydrogen) atoms. The third kappa shape index (κ3) is 6.29. The fraction of sp³-hybridized carbons (Fsp3) is 0.333. The fourth-order valence-corrected chi connectivity index (χ4v) is 4.16. The molecular formula is C18H20ClNO2S3. The molecule has 3 nitrogen and oxygen atoms in total. The molecule has 1 aromatic heterocycles. The number of rotatable bonds is 5. The summed E-state index contributed by atoms with van der Waals surface area (Å²) in [5.74, 6) is -0.0644. The number of thiophene rings is 1. The van der Waals surface area contributed by atoms with Gasteiger partial charge < -0.3 is 10.1 Å². The van der Waals surface area contributed by atoms with Gasteiger partial charge in [-0.15, -0.1) is 23.1 Å². The number of anilines is 1. The molecule has 134 valence electrons. The molecule has 0 unspecified atom stereocenters. The van der Waals surface area contributed by atoms with Crippen LogP contribution < -0.4 is 5.32 Å². The van der Waals surface area contributed by atoms with E-state index in [-0.39, 0.29) is 11.7 Å². The van der Waals surface area contributed by atoms with Crippen LogP contribution in [0.4, 0.5) is 5.69 Å². The molecule has 0 saturated heterocycles. The largest absolute Gasteiger partial charge is 0.459 e. The van der Waals surface area contributed by atoms with Crippen LogP contribution in [-0.4, -0.2) is 22.3 Å². The van der Waals surface area contributed by atoms with Gasteiger partial charge in [0.1, 0.15) is 10.6 Å². The number of nitrogens with one attached hydrogen (secondary N) is 1. The molecule has 2 aromatic rings. The summed E-state index contributed by atoms with van der Waals surface area (Å²) in [6.07, 6.45) is 0. The van der Waals surface area contributed by atoms with Crippen molar-refractivity contribution in [1.82, 2.24) is 0 Å². The predicted octanol–water partition coefficient (Wildman–Crippen LogP) is 5.93. The van der Waals surface area contributed by atoms with E-state index in [1.54, 1.807) is 17.4 Å². The van der Waals surface area contributed by atoms with E-state index in [4.69, 9.17) is 28.6 Å². The minimum Gasteiger partial charge on any atom is -0.459 e. The van der Waals surface area contributed by atoms with E-state index in [0.29, 0.717) is 10.0 Å². The normalized spacial score (nSPS) is 11.2. The number of carbonyl (C=O) groups excluding carboxylic acids is 1. The van der Waals surface area contributed by atoms with Gasteiger partial charge in [0.05, 0.1) is 10.8 Å². The van der Waals surface area contributed by atoms with Gasteiger partial charge in [0.2, 0.25) is 0 Å². The van der Waals surface area contributed by atoms with Crippen LogP contribution in [0.25, 0.3) is 0 Å². The molecule has 0 bridgehead atoms. The average Bonchev–Trinajstić information content (AvgIpc) is 2.92. The van der Waals surface area contributed by atoms with E-state index in [1.165, 1.54) is 16.6 Å². The minimum absolute atomic E-state index is 0.203. The average molecular weight is 414 g/mol. The predicted molar refractivity (Wildman–Crippen MR) is 112 cm³/mol. The van der Waals surface area contributed by atoms with Crippen molar-refractivity contribution in [2.45, 2.75) is 38.2 Å². The van der Waals surface area contributed by atoms with Crippen molar-refractivity contribution in [3.8, 4) is 0 Å². The van der Waals surface area contributed by atoms with Crippen molar-refractivity contribution in [2.75, 3.05) is 11.1 Å². The third-order valence-corrected chi connectivity index (χ3v) is 5.70. The lowest BCUT2D eigenvalue weighted by molar-refractivity contribution is -0.151. The summed E-state index contributed by atoms with van der Waals surface area (Å²) < 4.78 is 5.32. The highest BCUT2D eigenvalue weighted by atomic mass is 35.5. The Morgan fingerprint density at radius 1 is 1.36 bits per heavy atom. The molecule has 1 heterocycles. The second-order valence-corrected chi connectivity index (χ2v) is 9.32. The first-order chi connectivity index (χ1) is 11.7. The number of hydrogen-bond acceptors (Lipinski definition) is 5. The molecule has 0 aliphatic rings. The van der Waals surface area contributed by atoms with E-state index in [1.807, 2.05) is 51.3 Å². The SMILES string of the molecule is Cc1sccc1C(=S)Nc1ccc(Cl)c(SCC(=O)OC(C)(C)C)c1. The molecule has 0 fully saturated rings. The number of thiocarbonyl (C=S) groups is 1. The van der Waals surface area contributed by atoms with E-state index in [2.05, 4.69) is 5.32 Å². The Balaban J connectivity index is 2.03. The Hall–Kier alpha value is -1.08. The van der Waals surface area contributed by atoms with Crippen LogP contribution in [0.5, 0.6) is 0 Å². The van der Waals surface area contributed by atoms with Crippen molar-refractivity contribution in [3.05, 3.63) is 45.1 Å². The summed E-state index contributed by atoms with van der Waals surface area (Å²) in [7, 11) is 0. The van der Waals surface area contributed by atoms with Crippen LogP contribution in [0.2, 0.25) is 5.02 Å². The number of benzene rings is 1. The first-order valence-corrected chi connectivity index (χ1v) is 10.3. The zero-order valence-corrected chi connectivity index (χ0v) is 17.7. The maximum absolute atomic E-state index is 11.9. The van der Waals surface area contributed by atoms with Crippen molar-refractivity contribution >= 4 is 63.6 Å². The van der Waals surface area contributed by atoms with Crippen LogP contribution in [0.3, 0.4) is 0 Å². The molecule has 0 atom stereocenters. The quantitative estimate of drug-likeness (QED) is 0.373. The molecule has 0 radical (unpaired) electrons. The van der Waals surface area contributed by atoms with Gasteiger partial charge in [-0.25, -0.2) is 0 Å². The highest BCUT2D eigenvalue weighted by molar-refractivity contribution is 8.00. The van der Waals surface area contributed by atoms with E-state index >= 15 is 0 Å². The summed E-state index contributed by atoms with van der Waals surface area (Å²) in [5.41, 5.74) is 1.37. The van der Waals surface area contributed by atoms with E-state index in [0.717, 1.165) is 16.1 Å². The van der Waals surface area contributed by atoms with Crippen LogP contribution >= 0.6 is 46.9 Å². The maximum Gasteiger partial charge on any atom is 0.316 e. The highest BCUT2D eigenvalue weighted by Gasteiger charge is 2.17. The maximum atomic E-state index is 11.9. The fourth-order valence-electron chi connectivity index (χ4n) is 2.02. The van der Waals surface area contributed by atoms with Gasteiger partial charge in [0, 0.05) is 21.0 Å². The molecule has 0 amide bonds. The van der Waals surface area contributed by atoms with Gasteiger partial charge in [-0.3, -0.25) is 4.79 Å². The monoisotopic (exact) mass is 413 g/mol. The lowest BCUT2D eigenvalue weighted by Gasteiger charge is -2.19. The van der Waals surface area contributed by atoms with Crippen molar-refractivity contribution in [2.24, 2.45) is 0 Å². The first kappa shape index (κ1) is 20.2. The molecule has 1 aromatic carbocycles. The molecule has 1 N–H and O–H groups in total. The van der Waals surface area contributed by atoms with Crippen LogP contribution in [0.1, 0.15) is 31.2 Å². The van der Waals surface area contributed by atoms with Gasteiger partial charge in [-0.2, -0.15) is 0 Å². The smallest absolute Gasteiger partial charge is 0.316 e. The Morgan fingerprint density at radius 3 is 2.68 bits per heavy atom. The summed E-state index contributed by atoms with van der Waals surface area (Å²) in [6, 6.07) is 7.56. The summed E-state index contributed by atoms with van der Waals surface area (Å²) in [4.78, 5) is 14.5. The van der Waals surface area contributed by atoms with Crippen LogP contribution in [0, 0.1) is 6.92 Å². The summed E-state index contributed by atoms with van der Waals surface area (Å²) in [5, 5.41) is 5.84. The molecule has 0 aliphatic heterocycles. The highest BCUT2D eigenvalue weighted by Crippen LogP contribution is 2.31. The van der Waals surface area contributed by atoms with Crippen molar-refractivity contribution in [1.29, 1.82) is 0 Å². The van der Waals surface area contributed by atoms with Gasteiger partial charge in [-0.1, -0.05) is 23.8 Å². The van der Waals surface area contributed by atoms with Crippen LogP contribution in [-0.2, 0) is 9.53 Å². The molecule has 0 saturated carbocycles. The van der Waals surface area contributed by atoms with E-state index < -0.39 is 5.60 Å². The Kier molecular flexibility index (Phi) is 6.91. The van der Waals surface area contributed by atoms with Gasteiger partial charge in [-0.05, 0) is 57.3 Å². The second kappa shape index (κ2) is 8.54. The van der Waals surface area contributed by atoms with Gasteiger partial charge in [0.25, 0.3) is 0 Å². The molecular weight excluding hydrogens is 394 g/mol. The topological polar surface area (TPSA) is 38.3 Å². The Labute approximate surface area is 167 Å². The number of halogens is 1.